The van der Waals surface area contributed by atoms with Crippen molar-refractivity contribution in [1.82, 2.24) is 5.32 Å². The SMILES string of the molecule is COCC(=O)NCCc1cc(OC)ccc1Br. The Morgan fingerprint density at radius 1 is 1.41 bits per heavy atom. The summed E-state index contributed by atoms with van der Waals surface area (Å²) in [7, 11) is 3.13. The molecular formula is C12H16BrNO3. The van der Waals surface area contributed by atoms with E-state index in [9.17, 15) is 4.79 Å². The second-order valence-corrected chi connectivity index (χ2v) is 4.34. The third-order valence-electron chi connectivity index (χ3n) is 2.24. The number of methoxy groups -OCH3 is 2. The highest BCUT2D eigenvalue weighted by molar-refractivity contribution is 9.10. The fourth-order valence-corrected chi connectivity index (χ4v) is 1.83. The van der Waals surface area contributed by atoms with Crippen LogP contribution in [0.1, 0.15) is 5.56 Å². The van der Waals surface area contributed by atoms with Gasteiger partial charge in [0.25, 0.3) is 0 Å². The van der Waals surface area contributed by atoms with Gasteiger partial charge in [0.2, 0.25) is 5.91 Å². The van der Waals surface area contributed by atoms with Gasteiger partial charge in [-0.25, -0.2) is 0 Å². The number of ether oxygens (including phenoxy) is 2. The molecule has 0 spiro atoms. The smallest absolute Gasteiger partial charge is 0.245 e. The second-order valence-electron chi connectivity index (χ2n) is 3.49. The maximum Gasteiger partial charge on any atom is 0.245 e. The first-order valence-electron chi connectivity index (χ1n) is 5.25. The van der Waals surface area contributed by atoms with Gasteiger partial charge in [-0.15, -0.1) is 0 Å². The van der Waals surface area contributed by atoms with Crippen LogP contribution in [0, 0.1) is 0 Å². The number of halogens is 1. The van der Waals surface area contributed by atoms with Gasteiger partial charge in [0.15, 0.2) is 0 Å². The van der Waals surface area contributed by atoms with Crippen LogP contribution in [0.5, 0.6) is 5.75 Å². The van der Waals surface area contributed by atoms with Crippen molar-refractivity contribution in [2.24, 2.45) is 0 Å². The Hall–Kier alpha value is -1.07. The van der Waals surface area contributed by atoms with Crippen molar-refractivity contribution in [1.29, 1.82) is 0 Å². The van der Waals surface area contributed by atoms with E-state index in [4.69, 9.17) is 9.47 Å². The molecule has 0 aromatic heterocycles. The molecule has 0 saturated heterocycles. The Labute approximate surface area is 109 Å². The van der Waals surface area contributed by atoms with Gasteiger partial charge in [-0.3, -0.25) is 4.79 Å². The van der Waals surface area contributed by atoms with Crippen LogP contribution in [-0.4, -0.2) is 33.3 Å². The van der Waals surface area contributed by atoms with Crippen LogP contribution in [0.4, 0.5) is 0 Å². The van der Waals surface area contributed by atoms with E-state index in [1.807, 2.05) is 18.2 Å². The fourth-order valence-electron chi connectivity index (χ4n) is 1.39. The lowest BCUT2D eigenvalue weighted by Gasteiger charge is -2.08. The van der Waals surface area contributed by atoms with Crippen LogP contribution in [-0.2, 0) is 16.0 Å². The number of benzene rings is 1. The van der Waals surface area contributed by atoms with Crippen LogP contribution < -0.4 is 10.1 Å². The zero-order valence-corrected chi connectivity index (χ0v) is 11.5. The molecule has 1 aromatic rings. The summed E-state index contributed by atoms with van der Waals surface area (Å²) in [6.45, 7) is 0.674. The van der Waals surface area contributed by atoms with E-state index < -0.39 is 0 Å². The van der Waals surface area contributed by atoms with E-state index in [2.05, 4.69) is 21.2 Å². The van der Waals surface area contributed by atoms with Crippen LogP contribution in [0.15, 0.2) is 22.7 Å². The minimum absolute atomic E-state index is 0.0965. The summed E-state index contributed by atoms with van der Waals surface area (Å²) >= 11 is 3.46. The van der Waals surface area contributed by atoms with Crippen LogP contribution in [0.3, 0.4) is 0 Å². The molecular weight excluding hydrogens is 286 g/mol. The van der Waals surface area contributed by atoms with E-state index >= 15 is 0 Å². The molecule has 0 aliphatic carbocycles. The van der Waals surface area contributed by atoms with E-state index in [1.165, 1.54) is 7.11 Å². The third kappa shape index (κ3) is 4.75. The fraction of sp³-hybridized carbons (Fsp3) is 0.417. The molecule has 17 heavy (non-hydrogen) atoms. The molecule has 0 radical (unpaired) electrons. The van der Waals surface area contributed by atoms with Gasteiger partial charge in [-0.05, 0) is 30.2 Å². The van der Waals surface area contributed by atoms with Gasteiger partial charge < -0.3 is 14.8 Å². The number of hydrogen-bond acceptors (Lipinski definition) is 3. The van der Waals surface area contributed by atoms with Gasteiger partial charge in [0.05, 0.1) is 7.11 Å². The first-order valence-corrected chi connectivity index (χ1v) is 6.04. The van der Waals surface area contributed by atoms with Crippen molar-refractivity contribution in [2.45, 2.75) is 6.42 Å². The summed E-state index contributed by atoms with van der Waals surface area (Å²) in [5.74, 6) is 0.706. The van der Waals surface area contributed by atoms with E-state index in [-0.39, 0.29) is 12.5 Å². The molecule has 1 amide bonds. The number of carbonyl (C=O) groups is 1. The van der Waals surface area contributed by atoms with Crippen LogP contribution >= 0.6 is 15.9 Å². The molecule has 0 aliphatic heterocycles. The molecule has 1 aromatic carbocycles. The Morgan fingerprint density at radius 2 is 2.18 bits per heavy atom. The summed E-state index contributed by atoms with van der Waals surface area (Å²) in [6.07, 6.45) is 0.743. The monoisotopic (exact) mass is 301 g/mol. The van der Waals surface area contributed by atoms with Gasteiger partial charge in [-0.1, -0.05) is 15.9 Å². The minimum atomic E-state index is -0.105. The molecule has 0 saturated carbocycles. The standard InChI is InChI=1S/C12H16BrNO3/c1-16-8-12(15)14-6-5-9-7-10(17-2)3-4-11(9)13/h3-4,7H,5-6,8H2,1-2H3,(H,14,15). The molecule has 4 nitrogen and oxygen atoms in total. The summed E-state index contributed by atoms with van der Waals surface area (Å²) in [5, 5.41) is 2.77. The zero-order valence-electron chi connectivity index (χ0n) is 9.96. The number of hydrogen-bond donors (Lipinski definition) is 1. The van der Waals surface area contributed by atoms with Crippen molar-refractivity contribution >= 4 is 21.8 Å². The van der Waals surface area contributed by atoms with Gasteiger partial charge in [0.1, 0.15) is 12.4 Å². The molecule has 94 valence electrons. The molecule has 1 rings (SSSR count). The van der Waals surface area contributed by atoms with Crippen LogP contribution in [0.2, 0.25) is 0 Å². The van der Waals surface area contributed by atoms with Crippen molar-refractivity contribution in [3.8, 4) is 5.75 Å². The molecule has 0 heterocycles. The molecule has 0 bridgehead atoms. The minimum Gasteiger partial charge on any atom is -0.497 e. The summed E-state index contributed by atoms with van der Waals surface area (Å²) in [5.41, 5.74) is 1.10. The van der Waals surface area contributed by atoms with Crippen molar-refractivity contribution in [3.63, 3.8) is 0 Å². The van der Waals surface area contributed by atoms with E-state index in [1.54, 1.807) is 7.11 Å². The maximum absolute atomic E-state index is 11.2. The first kappa shape index (κ1) is 14.0. The Morgan fingerprint density at radius 3 is 2.82 bits per heavy atom. The van der Waals surface area contributed by atoms with Gasteiger partial charge >= 0.3 is 0 Å². The largest absolute Gasteiger partial charge is 0.497 e. The highest BCUT2D eigenvalue weighted by Crippen LogP contribution is 2.22. The molecule has 1 N–H and O–H groups in total. The topological polar surface area (TPSA) is 47.6 Å². The Bertz CT molecular complexity index is 382. The van der Waals surface area contributed by atoms with Crippen molar-refractivity contribution in [2.75, 3.05) is 27.4 Å². The van der Waals surface area contributed by atoms with E-state index in [0.29, 0.717) is 6.54 Å². The third-order valence-corrected chi connectivity index (χ3v) is 3.02. The average Bonchev–Trinajstić information content (AvgIpc) is 2.32. The Kier molecular flexibility index (Phi) is 6.00. The summed E-state index contributed by atoms with van der Waals surface area (Å²) in [6, 6.07) is 5.77. The normalized spacial score (nSPS) is 10.1. The van der Waals surface area contributed by atoms with Crippen molar-refractivity contribution in [3.05, 3.63) is 28.2 Å². The van der Waals surface area contributed by atoms with Gasteiger partial charge in [0, 0.05) is 18.1 Å². The average molecular weight is 302 g/mol. The Balaban J connectivity index is 2.48. The predicted molar refractivity (Wildman–Crippen MR) is 69.3 cm³/mol. The molecule has 0 fully saturated rings. The maximum atomic E-state index is 11.2. The highest BCUT2D eigenvalue weighted by Gasteiger charge is 2.04. The summed E-state index contributed by atoms with van der Waals surface area (Å²) < 4.78 is 10.9. The predicted octanol–water partition coefficient (Wildman–Crippen LogP) is 1.76. The number of amides is 1. The summed E-state index contributed by atoms with van der Waals surface area (Å²) in [4.78, 5) is 11.2. The highest BCUT2D eigenvalue weighted by atomic mass is 79.9. The first-order chi connectivity index (χ1) is 8.17. The quantitative estimate of drug-likeness (QED) is 0.871. The molecule has 5 heteroatoms. The molecule has 0 aliphatic rings. The lowest BCUT2D eigenvalue weighted by Crippen LogP contribution is -2.29. The second kappa shape index (κ2) is 7.29. The van der Waals surface area contributed by atoms with Gasteiger partial charge in [-0.2, -0.15) is 0 Å². The van der Waals surface area contributed by atoms with Crippen LogP contribution in [0.25, 0.3) is 0 Å². The van der Waals surface area contributed by atoms with E-state index in [0.717, 1.165) is 22.2 Å². The number of carbonyl (C=O) groups excluding carboxylic acids is 1. The lowest BCUT2D eigenvalue weighted by atomic mass is 10.1. The number of rotatable bonds is 6. The number of nitrogens with one attached hydrogen (secondary N) is 1. The molecule has 0 atom stereocenters. The lowest BCUT2D eigenvalue weighted by molar-refractivity contribution is -0.124. The molecule has 0 unspecified atom stereocenters. The van der Waals surface area contributed by atoms with Crippen molar-refractivity contribution < 1.29 is 14.3 Å². The zero-order chi connectivity index (χ0) is 12.7.